The Morgan fingerprint density at radius 2 is 2.00 bits per heavy atom. The standard InChI is InChI=1S/C14H20N2O3/c1-9-5-7-12(15(9)3)13(17)16-8-11(14(18)19)6-4-10(16)2/h5,7,10-11H,4,6,8H2,1-3H3,(H,18,19). The number of piperidine rings is 1. The molecule has 0 bridgehead atoms. The molecule has 0 saturated carbocycles. The van der Waals surface area contributed by atoms with E-state index >= 15 is 0 Å². The van der Waals surface area contributed by atoms with E-state index in [4.69, 9.17) is 5.11 Å². The van der Waals surface area contributed by atoms with E-state index in [0.717, 1.165) is 12.1 Å². The Kier molecular flexibility index (Phi) is 3.64. The molecule has 1 aliphatic rings. The maximum atomic E-state index is 12.5. The lowest BCUT2D eigenvalue weighted by molar-refractivity contribution is -0.143. The van der Waals surface area contributed by atoms with Gasteiger partial charge in [0.25, 0.3) is 5.91 Å². The van der Waals surface area contributed by atoms with Crippen molar-refractivity contribution in [3.05, 3.63) is 23.5 Å². The fourth-order valence-corrected chi connectivity index (χ4v) is 2.57. The monoisotopic (exact) mass is 264 g/mol. The minimum absolute atomic E-state index is 0.0750. The summed E-state index contributed by atoms with van der Waals surface area (Å²) in [7, 11) is 1.85. The molecule has 1 aliphatic heterocycles. The van der Waals surface area contributed by atoms with Crippen molar-refractivity contribution in [2.24, 2.45) is 13.0 Å². The number of aliphatic carboxylic acids is 1. The second-order valence-corrected chi connectivity index (χ2v) is 5.34. The van der Waals surface area contributed by atoms with Gasteiger partial charge >= 0.3 is 5.97 Å². The lowest BCUT2D eigenvalue weighted by atomic mass is 9.93. The number of carbonyl (C=O) groups is 2. The summed E-state index contributed by atoms with van der Waals surface area (Å²) in [5.74, 6) is -1.33. The smallest absolute Gasteiger partial charge is 0.308 e. The topological polar surface area (TPSA) is 62.5 Å². The molecule has 19 heavy (non-hydrogen) atoms. The van der Waals surface area contributed by atoms with Crippen molar-refractivity contribution in [1.29, 1.82) is 0 Å². The van der Waals surface area contributed by atoms with Crippen molar-refractivity contribution in [3.8, 4) is 0 Å². The highest BCUT2D eigenvalue weighted by molar-refractivity contribution is 5.93. The number of carboxylic acid groups (broad SMARTS) is 1. The zero-order chi connectivity index (χ0) is 14.2. The van der Waals surface area contributed by atoms with Crippen molar-refractivity contribution >= 4 is 11.9 Å². The van der Waals surface area contributed by atoms with Crippen LogP contribution < -0.4 is 0 Å². The van der Waals surface area contributed by atoms with Crippen molar-refractivity contribution in [2.45, 2.75) is 32.7 Å². The predicted molar refractivity (Wildman–Crippen MR) is 71.0 cm³/mol. The van der Waals surface area contributed by atoms with Gasteiger partial charge in [-0.1, -0.05) is 0 Å². The van der Waals surface area contributed by atoms with Crippen LogP contribution in [0.25, 0.3) is 0 Å². The Hall–Kier alpha value is -1.78. The normalized spacial score (nSPS) is 23.4. The first-order chi connectivity index (χ1) is 8.91. The number of aryl methyl sites for hydroxylation is 1. The molecule has 1 saturated heterocycles. The molecule has 2 rings (SSSR count). The number of carboxylic acids is 1. The Labute approximate surface area is 112 Å². The molecule has 1 N–H and O–H groups in total. The maximum Gasteiger partial charge on any atom is 0.308 e. The van der Waals surface area contributed by atoms with Crippen molar-refractivity contribution < 1.29 is 14.7 Å². The summed E-state index contributed by atoms with van der Waals surface area (Å²) in [5.41, 5.74) is 1.64. The van der Waals surface area contributed by atoms with Gasteiger partial charge in [-0.25, -0.2) is 0 Å². The van der Waals surface area contributed by atoms with Gasteiger partial charge in [-0.3, -0.25) is 9.59 Å². The van der Waals surface area contributed by atoms with Crippen LogP contribution >= 0.6 is 0 Å². The zero-order valence-electron chi connectivity index (χ0n) is 11.6. The molecule has 2 atom stereocenters. The van der Waals surface area contributed by atoms with Gasteiger partial charge in [0, 0.05) is 25.3 Å². The summed E-state index contributed by atoms with van der Waals surface area (Å²) in [4.78, 5) is 25.3. The van der Waals surface area contributed by atoms with E-state index in [9.17, 15) is 9.59 Å². The molecule has 0 aliphatic carbocycles. The molecule has 2 heterocycles. The van der Waals surface area contributed by atoms with Crippen LogP contribution in [0.4, 0.5) is 0 Å². The Morgan fingerprint density at radius 3 is 2.53 bits per heavy atom. The molecule has 0 aromatic carbocycles. The average molecular weight is 264 g/mol. The molecule has 1 fully saturated rings. The Balaban J connectivity index is 2.21. The summed E-state index contributed by atoms with van der Waals surface area (Å²) >= 11 is 0. The largest absolute Gasteiger partial charge is 0.481 e. The third-order valence-electron chi connectivity index (χ3n) is 4.08. The molecule has 104 valence electrons. The number of amides is 1. The van der Waals surface area contributed by atoms with Crippen LogP contribution in [0.15, 0.2) is 12.1 Å². The third kappa shape index (κ3) is 2.50. The number of carbonyl (C=O) groups excluding carboxylic acids is 1. The van der Waals surface area contributed by atoms with Crippen LogP contribution in [-0.2, 0) is 11.8 Å². The van der Waals surface area contributed by atoms with Gasteiger partial charge in [0.1, 0.15) is 5.69 Å². The van der Waals surface area contributed by atoms with E-state index in [-0.39, 0.29) is 11.9 Å². The molecule has 1 aromatic heterocycles. The summed E-state index contributed by atoms with van der Waals surface area (Å²) < 4.78 is 1.85. The number of aromatic nitrogens is 1. The molecule has 2 unspecified atom stereocenters. The minimum Gasteiger partial charge on any atom is -0.481 e. The summed E-state index contributed by atoms with van der Waals surface area (Å²) in [6.07, 6.45) is 1.39. The van der Waals surface area contributed by atoms with Crippen LogP contribution in [0.3, 0.4) is 0 Å². The molecular formula is C14H20N2O3. The summed E-state index contributed by atoms with van der Waals surface area (Å²) in [6, 6.07) is 3.80. The lowest BCUT2D eigenvalue weighted by Gasteiger charge is -2.36. The highest BCUT2D eigenvalue weighted by atomic mass is 16.4. The number of nitrogens with zero attached hydrogens (tertiary/aromatic N) is 2. The summed E-state index contributed by atoms with van der Waals surface area (Å²) in [5, 5.41) is 9.11. The van der Waals surface area contributed by atoms with E-state index in [1.807, 2.05) is 31.5 Å². The first-order valence-electron chi connectivity index (χ1n) is 6.58. The van der Waals surface area contributed by atoms with Crippen LogP contribution in [0, 0.1) is 12.8 Å². The van der Waals surface area contributed by atoms with Crippen molar-refractivity contribution in [3.63, 3.8) is 0 Å². The molecule has 1 aromatic rings. The van der Waals surface area contributed by atoms with Gasteiger partial charge < -0.3 is 14.6 Å². The quantitative estimate of drug-likeness (QED) is 0.883. The first-order valence-corrected chi connectivity index (χ1v) is 6.58. The average Bonchev–Trinajstić information content (AvgIpc) is 2.69. The Bertz CT molecular complexity index is 507. The van der Waals surface area contributed by atoms with E-state index in [1.54, 1.807) is 11.0 Å². The molecule has 5 heteroatoms. The molecule has 0 spiro atoms. The fourth-order valence-electron chi connectivity index (χ4n) is 2.57. The lowest BCUT2D eigenvalue weighted by Crippen LogP contribution is -2.47. The third-order valence-corrected chi connectivity index (χ3v) is 4.08. The SMILES string of the molecule is Cc1ccc(C(=O)N2CC(C(=O)O)CCC2C)n1C. The molecule has 1 amide bonds. The zero-order valence-corrected chi connectivity index (χ0v) is 11.6. The number of likely N-dealkylation sites (tertiary alicyclic amines) is 1. The Morgan fingerprint density at radius 1 is 1.32 bits per heavy atom. The number of hydrogen-bond donors (Lipinski definition) is 1. The van der Waals surface area contributed by atoms with E-state index in [2.05, 4.69) is 0 Å². The van der Waals surface area contributed by atoms with Crippen molar-refractivity contribution in [1.82, 2.24) is 9.47 Å². The van der Waals surface area contributed by atoms with Gasteiger partial charge in [0.05, 0.1) is 5.92 Å². The van der Waals surface area contributed by atoms with Gasteiger partial charge in [-0.2, -0.15) is 0 Å². The fraction of sp³-hybridized carbons (Fsp3) is 0.571. The maximum absolute atomic E-state index is 12.5. The van der Waals surface area contributed by atoms with Crippen LogP contribution in [0.1, 0.15) is 35.9 Å². The summed E-state index contributed by atoms with van der Waals surface area (Å²) in [6.45, 7) is 4.22. The molecule has 0 radical (unpaired) electrons. The van der Waals surface area contributed by atoms with Gasteiger partial charge in [-0.05, 0) is 38.8 Å². The van der Waals surface area contributed by atoms with Crippen molar-refractivity contribution in [2.75, 3.05) is 6.54 Å². The number of hydrogen-bond acceptors (Lipinski definition) is 2. The second kappa shape index (κ2) is 5.07. The van der Waals surface area contributed by atoms with E-state index in [0.29, 0.717) is 18.7 Å². The molecule has 5 nitrogen and oxygen atoms in total. The highest BCUT2D eigenvalue weighted by Gasteiger charge is 2.33. The van der Waals surface area contributed by atoms with Crippen LogP contribution in [0.5, 0.6) is 0 Å². The highest BCUT2D eigenvalue weighted by Crippen LogP contribution is 2.24. The van der Waals surface area contributed by atoms with Crippen LogP contribution in [-0.4, -0.2) is 39.0 Å². The second-order valence-electron chi connectivity index (χ2n) is 5.34. The van der Waals surface area contributed by atoms with E-state index < -0.39 is 11.9 Å². The van der Waals surface area contributed by atoms with Gasteiger partial charge in [0.2, 0.25) is 0 Å². The number of rotatable bonds is 2. The first kappa shape index (κ1) is 13.6. The van der Waals surface area contributed by atoms with Gasteiger partial charge in [0.15, 0.2) is 0 Å². The van der Waals surface area contributed by atoms with E-state index in [1.165, 1.54) is 0 Å². The van der Waals surface area contributed by atoms with Gasteiger partial charge in [-0.15, -0.1) is 0 Å². The van der Waals surface area contributed by atoms with Crippen LogP contribution in [0.2, 0.25) is 0 Å². The molecular weight excluding hydrogens is 244 g/mol. The minimum atomic E-state index is -0.812. The predicted octanol–water partition coefficient (Wildman–Crippen LogP) is 1.66.